The summed E-state index contributed by atoms with van der Waals surface area (Å²) >= 11 is 0. The van der Waals surface area contributed by atoms with Crippen molar-refractivity contribution in [2.45, 2.75) is 0 Å². The summed E-state index contributed by atoms with van der Waals surface area (Å²) in [6, 6.07) is 0. The summed E-state index contributed by atoms with van der Waals surface area (Å²) in [7, 11) is 0. The molecular weight excluding hydrogens is 130 g/mol. The molecule has 0 amide bonds. The van der Waals surface area contributed by atoms with E-state index in [9.17, 15) is 0 Å². The zero-order valence-electron chi connectivity index (χ0n) is 2.93. The van der Waals surface area contributed by atoms with Gasteiger partial charge in [-0.1, -0.05) is 6.08 Å². The molecule has 0 aromatic carbocycles. The van der Waals surface area contributed by atoms with Crippen molar-refractivity contribution in [3.63, 3.8) is 0 Å². The van der Waals surface area contributed by atoms with Gasteiger partial charge in [-0.05, 0) is 0 Å². The molecule has 0 bridgehead atoms. The van der Waals surface area contributed by atoms with Crippen LogP contribution in [0.3, 0.4) is 0 Å². The maximum atomic E-state index is 7.69. The van der Waals surface area contributed by atoms with E-state index in [2.05, 4.69) is 0 Å². The van der Waals surface area contributed by atoms with Crippen LogP contribution in [0, 0.1) is 0 Å². The van der Waals surface area contributed by atoms with Gasteiger partial charge in [0.25, 0.3) is 0 Å². The summed E-state index contributed by atoms with van der Waals surface area (Å²) in [5.74, 6) is 0. The molecule has 0 unspecified atom stereocenters. The molecule has 2 nitrogen and oxygen atoms in total. The number of hydrogen-bond acceptors (Lipinski definition) is 1. The molecule has 0 radical (unpaired) electrons. The van der Waals surface area contributed by atoms with Crippen molar-refractivity contribution >= 4 is 6.21 Å². The first-order valence-electron chi connectivity index (χ1n) is 1.18. The summed E-state index contributed by atoms with van der Waals surface area (Å²) in [5, 5.41) is 15.4. The molecule has 0 aliphatic rings. The first kappa shape index (κ1) is 9.21. The van der Waals surface area contributed by atoms with Crippen molar-refractivity contribution in [3.05, 3.63) is 17.7 Å². The molecule has 0 aliphatic heterocycles. The van der Waals surface area contributed by atoms with Crippen molar-refractivity contribution < 1.29 is 22.2 Å². The largest absolute Gasteiger partial charge is 1.00 e. The molecule has 0 saturated heterocycles. The van der Waals surface area contributed by atoms with Crippen LogP contribution in [0.4, 0.5) is 0 Å². The molecule has 6 heavy (non-hydrogen) atoms. The SMILES string of the molecule is [Cu+].[N-]=C/C=C\O. The van der Waals surface area contributed by atoms with Crippen molar-refractivity contribution in [2.75, 3.05) is 0 Å². The Kier molecular flexibility index (Phi) is 13.6. The Morgan fingerprint density at radius 3 is 2.00 bits per heavy atom. The van der Waals surface area contributed by atoms with Gasteiger partial charge >= 0.3 is 17.1 Å². The van der Waals surface area contributed by atoms with E-state index in [1.54, 1.807) is 0 Å². The van der Waals surface area contributed by atoms with Gasteiger partial charge in [-0.25, -0.2) is 0 Å². The Balaban J connectivity index is 0. The molecule has 0 rings (SSSR count). The first-order chi connectivity index (χ1) is 2.41. The fourth-order valence-electron chi connectivity index (χ4n) is 0.0385. The number of aliphatic hydroxyl groups excluding tert-OH is 1. The van der Waals surface area contributed by atoms with E-state index in [1.807, 2.05) is 0 Å². The monoisotopic (exact) mass is 133 g/mol. The van der Waals surface area contributed by atoms with Gasteiger partial charge < -0.3 is 10.5 Å². The molecule has 0 spiro atoms. The fourth-order valence-corrected chi connectivity index (χ4v) is 0.0385. The van der Waals surface area contributed by atoms with Crippen LogP contribution < -0.4 is 0 Å². The van der Waals surface area contributed by atoms with Crippen LogP contribution >= 0.6 is 0 Å². The van der Waals surface area contributed by atoms with E-state index >= 15 is 0 Å². The maximum Gasteiger partial charge on any atom is 1.00 e. The zero-order valence-corrected chi connectivity index (χ0v) is 3.87. The Morgan fingerprint density at radius 1 is 1.50 bits per heavy atom. The Hall–Kier alpha value is -0.271. The summed E-state index contributed by atoms with van der Waals surface area (Å²) < 4.78 is 0. The summed E-state index contributed by atoms with van der Waals surface area (Å²) in [6.07, 6.45) is 2.61. The summed E-state index contributed by atoms with van der Waals surface area (Å²) in [6.45, 7) is 0. The quantitative estimate of drug-likeness (QED) is 0.319. The van der Waals surface area contributed by atoms with E-state index in [0.717, 1.165) is 18.6 Å². The van der Waals surface area contributed by atoms with Crippen LogP contribution in [0.15, 0.2) is 12.3 Å². The predicted molar refractivity (Wildman–Crippen MR) is 21.2 cm³/mol. The first-order valence-corrected chi connectivity index (χ1v) is 1.18. The van der Waals surface area contributed by atoms with Crippen LogP contribution in [0.2, 0.25) is 0 Å². The van der Waals surface area contributed by atoms with Gasteiger partial charge in [-0.2, -0.15) is 6.21 Å². The zero-order chi connectivity index (χ0) is 4.12. The Morgan fingerprint density at radius 2 is 2.00 bits per heavy atom. The van der Waals surface area contributed by atoms with Gasteiger partial charge in [0, 0.05) is 0 Å². The molecule has 38 valence electrons. The standard InChI is InChI=1S/C3H4NO.Cu/c4-2-1-3-5;/h1-3,5H;/q-1;+1/b3-1-;. The number of allylic oxidation sites excluding steroid dienone is 1. The second kappa shape index (κ2) is 8.83. The molecule has 3 heteroatoms. The molecule has 0 atom stereocenters. The van der Waals surface area contributed by atoms with Crippen LogP contribution in [0.25, 0.3) is 5.41 Å². The van der Waals surface area contributed by atoms with E-state index < -0.39 is 0 Å². The topological polar surface area (TPSA) is 42.5 Å². The van der Waals surface area contributed by atoms with Crippen molar-refractivity contribution in [2.24, 2.45) is 0 Å². The molecule has 0 aromatic rings. The fraction of sp³-hybridized carbons (Fsp3) is 0. The van der Waals surface area contributed by atoms with Crippen LogP contribution in [-0.2, 0) is 17.1 Å². The molecule has 0 heterocycles. The molecule has 0 aliphatic carbocycles. The minimum absolute atomic E-state index is 0. The van der Waals surface area contributed by atoms with Crippen LogP contribution in [0.5, 0.6) is 0 Å². The Bertz CT molecular complexity index is 52.8. The number of hydrogen-bond donors (Lipinski definition) is 1. The summed E-state index contributed by atoms with van der Waals surface area (Å²) in [4.78, 5) is 0. The number of rotatable bonds is 1. The smallest absolute Gasteiger partial charge is 0.811 e. The third kappa shape index (κ3) is 9.29. The maximum absolute atomic E-state index is 7.69. The van der Waals surface area contributed by atoms with Gasteiger partial charge in [-0.15, -0.1) is 0 Å². The predicted octanol–water partition coefficient (Wildman–Crippen LogP) is 0.696. The van der Waals surface area contributed by atoms with Gasteiger partial charge in [0.1, 0.15) is 0 Å². The van der Waals surface area contributed by atoms with Crippen molar-refractivity contribution in [1.29, 1.82) is 0 Å². The van der Waals surface area contributed by atoms with E-state index in [0.29, 0.717) is 0 Å². The second-order valence-corrected chi connectivity index (χ2v) is 0.491. The van der Waals surface area contributed by atoms with Crippen molar-refractivity contribution in [1.82, 2.24) is 0 Å². The summed E-state index contributed by atoms with van der Waals surface area (Å²) in [5.41, 5.74) is 0. The molecular formula is C3H4CuNO. The minimum atomic E-state index is 0. The van der Waals surface area contributed by atoms with Crippen LogP contribution in [-0.4, -0.2) is 11.3 Å². The van der Waals surface area contributed by atoms with Crippen LogP contribution in [0.1, 0.15) is 0 Å². The molecule has 0 aromatic heterocycles. The third-order valence-electron chi connectivity index (χ3n) is 0.172. The van der Waals surface area contributed by atoms with Gasteiger partial charge in [-0.3, -0.25) is 0 Å². The molecule has 1 N–H and O–H groups in total. The number of aliphatic hydroxyl groups is 1. The van der Waals surface area contributed by atoms with Gasteiger partial charge in [0.15, 0.2) is 0 Å². The van der Waals surface area contributed by atoms with Gasteiger partial charge in [0.2, 0.25) is 0 Å². The van der Waals surface area contributed by atoms with E-state index in [4.69, 9.17) is 10.5 Å². The second-order valence-electron chi connectivity index (χ2n) is 0.491. The molecule has 0 saturated carbocycles. The third-order valence-corrected chi connectivity index (χ3v) is 0.172. The Labute approximate surface area is 46.9 Å². The molecule has 0 fully saturated rings. The minimum Gasteiger partial charge on any atom is -0.811 e. The van der Waals surface area contributed by atoms with E-state index in [-0.39, 0.29) is 17.1 Å². The average Bonchev–Trinajstić information content (AvgIpc) is 1.41. The average molecular weight is 134 g/mol. The number of nitrogens with zero attached hydrogens (tertiary/aromatic N) is 1. The van der Waals surface area contributed by atoms with Crippen molar-refractivity contribution in [3.8, 4) is 0 Å². The van der Waals surface area contributed by atoms with Gasteiger partial charge in [0.05, 0.1) is 6.26 Å². The van der Waals surface area contributed by atoms with E-state index in [1.165, 1.54) is 0 Å². The normalized spacial score (nSPS) is 7.33.